The monoisotopic (exact) mass is 384 g/mol. The molecule has 27 heavy (non-hydrogen) atoms. The van der Waals surface area contributed by atoms with Crippen molar-refractivity contribution >= 4 is 27.4 Å². The lowest BCUT2D eigenvalue weighted by Crippen LogP contribution is -2.16. The highest BCUT2D eigenvalue weighted by Crippen LogP contribution is 2.21. The topological polar surface area (TPSA) is 93.1 Å². The number of carbonyl (C=O) groups excluding carboxylic acids is 1. The minimum Gasteiger partial charge on any atom is -0.305 e. The number of benzene rings is 2. The van der Waals surface area contributed by atoms with Crippen molar-refractivity contribution in [2.24, 2.45) is 7.05 Å². The molecule has 7 nitrogen and oxygen atoms in total. The normalized spacial score (nSPS) is 11.2. The van der Waals surface area contributed by atoms with Gasteiger partial charge >= 0.3 is 0 Å². The van der Waals surface area contributed by atoms with Gasteiger partial charge in [-0.05, 0) is 49.2 Å². The summed E-state index contributed by atoms with van der Waals surface area (Å²) in [6, 6.07) is 13.2. The van der Waals surface area contributed by atoms with Crippen molar-refractivity contribution in [3.05, 3.63) is 71.4 Å². The maximum Gasteiger partial charge on any atom is 0.262 e. The largest absolute Gasteiger partial charge is 0.305 e. The van der Waals surface area contributed by atoms with Gasteiger partial charge in [0.2, 0.25) is 0 Å². The Bertz CT molecular complexity index is 1100. The average Bonchev–Trinajstić information content (AvgIpc) is 3.01. The third kappa shape index (κ3) is 4.35. The number of carbonyl (C=O) groups is 1. The molecule has 1 heterocycles. The minimum absolute atomic E-state index is 0.214. The number of rotatable bonds is 5. The molecule has 2 aromatic carbocycles. The predicted octanol–water partition coefficient (Wildman–Crippen LogP) is 3.09. The molecule has 1 aromatic heterocycles. The first kappa shape index (κ1) is 18.7. The Morgan fingerprint density at radius 1 is 1.07 bits per heavy atom. The fraction of sp³-hybridized carbons (Fsp3) is 0.158. The van der Waals surface area contributed by atoms with Crippen LogP contribution in [0.3, 0.4) is 0 Å². The van der Waals surface area contributed by atoms with Crippen LogP contribution in [0.15, 0.2) is 59.6 Å². The summed E-state index contributed by atoms with van der Waals surface area (Å²) < 4.78 is 29.6. The summed E-state index contributed by atoms with van der Waals surface area (Å²) in [5, 5.41) is 6.76. The van der Waals surface area contributed by atoms with Gasteiger partial charge in [-0.1, -0.05) is 18.2 Å². The quantitative estimate of drug-likeness (QED) is 0.707. The van der Waals surface area contributed by atoms with Crippen LogP contribution >= 0.6 is 0 Å². The van der Waals surface area contributed by atoms with E-state index in [-0.39, 0.29) is 10.8 Å². The lowest BCUT2D eigenvalue weighted by molar-refractivity contribution is 0.102. The number of aryl methyl sites for hydroxylation is 3. The smallest absolute Gasteiger partial charge is 0.262 e. The molecule has 0 bridgehead atoms. The standard InChI is InChI=1S/C19H20N4O3S/c1-13-7-8-14(2)17(11-13)27(25,26)22-16-6-4-5-15(12-16)19(24)20-18-9-10-23(3)21-18/h4-12,22H,1-3H3,(H,20,21,24). The fourth-order valence-corrected chi connectivity index (χ4v) is 3.98. The molecule has 0 spiro atoms. The summed E-state index contributed by atoms with van der Waals surface area (Å²) in [5.74, 6) is 0.0466. The van der Waals surface area contributed by atoms with E-state index < -0.39 is 10.0 Å². The second kappa shape index (κ2) is 7.24. The van der Waals surface area contributed by atoms with E-state index >= 15 is 0 Å². The number of anilines is 2. The van der Waals surface area contributed by atoms with Crippen LogP contribution in [0.4, 0.5) is 11.5 Å². The van der Waals surface area contributed by atoms with Gasteiger partial charge in [0.25, 0.3) is 15.9 Å². The van der Waals surface area contributed by atoms with Crippen molar-refractivity contribution in [1.29, 1.82) is 0 Å². The molecule has 0 saturated carbocycles. The van der Waals surface area contributed by atoms with Crippen LogP contribution in [0.5, 0.6) is 0 Å². The van der Waals surface area contributed by atoms with Crippen molar-refractivity contribution in [2.45, 2.75) is 18.7 Å². The molecule has 0 radical (unpaired) electrons. The van der Waals surface area contributed by atoms with Gasteiger partial charge in [-0.3, -0.25) is 14.2 Å². The molecule has 0 unspecified atom stereocenters. The molecule has 0 aliphatic rings. The Hall–Kier alpha value is -3.13. The van der Waals surface area contributed by atoms with Crippen molar-refractivity contribution in [3.8, 4) is 0 Å². The molecular formula is C19H20N4O3S. The summed E-state index contributed by atoms with van der Waals surface area (Å²) in [7, 11) is -2.01. The van der Waals surface area contributed by atoms with Gasteiger partial charge in [0, 0.05) is 30.6 Å². The van der Waals surface area contributed by atoms with Crippen LogP contribution in [0, 0.1) is 13.8 Å². The van der Waals surface area contributed by atoms with Crippen molar-refractivity contribution in [2.75, 3.05) is 10.0 Å². The second-order valence-corrected chi connectivity index (χ2v) is 7.93. The molecule has 0 aliphatic carbocycles. The number of nitrogens with zero attached hydrogens (tertiary/aromatic N) is 2. The lowest BCUT2D eigenvalue weighted by Gasteiger charge is -2.12. The van der Waals surface area contributed by atoms with E-state index in [9.17, 15) is 13.2 Å². The molecule has 0 fully saturated rings. The molecular weight excluding hydrogens is 364 g/mol. The highest BCUT2D eigenvalue weighted by Gasteiger charge is 2.18. The van der Waals surface area contributed by atoms with E-state index in [1.54, 1.807) is 61.2 Å². The summed E-state index contributed by atoms with van der Waals surface area (Å²) >= 11 is 0. The molecule has 3 aromatic rings. The van der Waals surface area contributed by atoms with Crippen LogP contribution in [-0.2, 0) is 17.1 Å². The van der Waals surface area contributed by atoms with Crippen LogP contribution in [0.1, 0.15) is 21.5 Å². The molecule has 8 heteroatoms. The van der Waals surface area contributed by atoms with E-state index in [2.05, 4.69) is 15.1 Å². The van der Waals surface area contributed by atoms with Gasteiger partial charge in [-0.2, -0.15) is 5.10 Å². The van der Waals surface area contributed by atoms with Crippen LogP contribution < -0.4 is 10.0 Å². The minimum atomic E-state index is -3.76. The van der Waals surface area contributed by atoms with Gasteiger partial charge in [-0.15, -0.1) is 0 Å². The molecule has 3 rings (SSSR count). The highest BCUT2D eigenvalue weighted by atomic mass is 32.2. The van der Waals surface area contributed by atoms with Crippen LogP contribution in [0.25, 0.3) is 0 Å². The first-order chi connectivity index (χ1) is 12.7. The average molecular weight is 384 g/mol. The van der Waals surface area contributed by atoms with E-state index in [1.807, 2.05) is 13.0 Å². The van der Waals surface area contributed by atoms with Crippen molar-refractivity contribution < 1.29 is 13.2 Å². The Morgan fingerprint density at radius 2 is 1.85 bits per heavy atom. The third-order valence-corrected chi connectivity index (χ3v) is 5.49. The number of aromatic nitrogens is 2. The zero-order valence-electron chi connectivity index (χ0n) is 15.2. The summed E-state index contributed by atoms with van der Waals surface area (Å²) in [5.41, 5.74) is 2.13. The molecule has 2 N–H and O–H groups in total. The van der Waals surface area contributed by atoms with E-state index in [4.69, 9.17) is 0 Å². The number of sulfonamides is 1. The summed E-state index contributed by atoms with van der Waals surface area (Å²) in [4.78, 5) is 12.6. The van der Waals surface area contributed by atoms with Crippen molar-refractivity contribution in [3.63, 3.8) is 0 Å². The van der Waals surface area contributed by atoms with Gasteiger partial charge < -0.3 is 5.32 Å². The molecule has 1 amide bonds. The van der Waals surface area contributed by atoms with Crippen LogP contribution in [0.2, 0.25) is 0 Å². The summed E-state index contributed by atoms with van der Waals surface area (Å²) in [6.45, 7) is 3.58. The van der Waals surface area contributed by atoms with Crippen molar-refractivity contribution in [1.82, 2.24) is 9.78 Å². The third-order valence-electron chi connectivity index (χ3n) is 3.97. The number of hydrogen-bond donors (Lipinski definition) is 2. The zero-order chi connectivity index (χ0) is 19.6. The molecule has 0 aliphatic heterocycles. The van der Waals surface area contributed by atoms with Gasteiger partial charge in [0.05, 0.1) is 4.90 Å². The first-order valence-electron chi connectivity index (χ1n) is 8.26. The Balaban J connectivity index is 1.83. The van der Waals surface area contributed by atoms with E-state index in [0.717, 1.165) is 5.56 Å². The Kier molecular flexibility index (Phi) is 5.00. The van der Waals surface area contributed by atoms with E-state index in [1.165, 1.54) is 6.07 Å². The maximum absolute atomic E-state index is 12.7. The highest BCUT2D eigenvalue weighted by molar-refractivity contribution is 7.92. The Morgan fingerprint density at radius 3 is 2.56 bits per heavy atom. The van der Waals surface area contributed by atoms with E-state index in [0.29, 0.717) is 22.6 Å². The maximum atomic E-state index is 12.7. The lowest BCUT2D eigenvalue weighted by atomic mass is 10.2. The molecule has 140 valence electrons. The predicted molar refractivity (Wildman–Crippen MR) is 104 cm³/mol. The van der Waals surface area contributed by atoms with Gasteiger partial charge in [0.15, 0.2) is 5.82 Å². The second-order valence-electron chi connectivity index (χ2n) is 6.28. The summed E-state index contributed by atoms with van der Waals surface area (Å²) in [6.07, 6.45) is 1.71. The fourth-order valence-electron chi connectivity index (χ4n) is 2.60. The molecule has 0 saturated heterocycles. The number of hydrogen-bond acceptors (Lipinski definition) is 4. The zero-order valence-corrected chi connectivity index (χ0v) is 16.0. The van der Waals surface area contributed by atoms with Gasteiger partial charge in [0.1, 0.15) is 0 Å². The number of nitrogens with one attached hydrogen (secondary N) is 2. The molecule has 0 atom stereocenters. The number of amides is 1. The SMILES string of the molecule is Cc1ccc(C)c(S(=O)(=O)Nc2cccc(C(=O)Nc3ccn(C)n3)c2)c1. The van der Waals surface area contributed by atoms with Gasteiger partial charge in [-0.25, -0.2) is 8.42 Å². The van der Waals surface area contributed by atoms with Crippen LogP contribution in [-0.4, -0.2) is 24.1 Å². The Labute approximate surface area is 158 Å². The first-order valence-corrected chi connectivity index (χ1v) is 9.74.